The molecule has 2 aliphatic carbocycles. The van der Waals surface area contributed by atoms with Crippen molar-refractivity contribution in [2.45, 2.75) is 130 Å². The van der Waals surface area contributed by atoms with Crippen LogP contribution < -0.4 is 0 Å². The summed E-state index contributed by atoms with van der Waals surface area (Å²) < 4.78 is 33.7. The molecule has 0 bridgehead atoms. The highest BCUT2D eigenvalue weighted by Gasteiger charge is 2.53. The summed E-state index contributed by atoms with van der Waals surface area (Å²) in [7, 11) is 1.26. The zero-order valence-electron chi connectivity index (χ0n) is 25.6. The second-order valence-electron chi connectivity index (χ2n) is 12.7. The number of ether oxygens (including phenoxy) is 6. The quantitative estimate of drug-likeness (QED) is 0.0969. The molecular weight excluding hydrogens is 624 g/mol. The van der Waals surface area contributed by atoms with E-state index in [9.17, 15) is 61.3 Å². The lowest BCUT2D eigenvalue weighted by atomic mass is 9.78. The summed E-state index contributed by atoms with van der Waals surface area (Å²) in [6.07, 6.45) is -25.1. The van der Waals surface area contributed by atoms with Crippen molar-refractivity contribution in [3.05, 3.63) is 0 Å². The van der Waals surface area contributed by atoms with E-state index in [1.807, 2.05) is 0 Å². The molecule has 20 atom stereocenters. The summed E-state index contributed by atoms with van der Waals surface area (Å²) in [4.78, 5) is 0. The molecular formula is C28H50O18. The van der Waals surface area contributed by atoms with Gasteiger partial charge in [-0.15, -0.1) is 0 Å². The third-order valence-electron chi connectivity index (χ3n) is 9.75. The monoisotopic (exact) mass is 674 g/mol. The van der Waals surface area contributed by atoms with Gasteiger partial charge in [0, 0.05) is 32.2 Å². The smallest absolute Gasteiger partial charge is 0.186 e. The van der Waals surface area contributed by atoms with E-state index in [0.717, 1.165) is 0 Å². The first kappa shape index (κ1) is 38.1. The number of aliphatic hydroxyl groups excluding tert-OH is 12. The van der Waals surface area contributed by atoms with Crippen LogP contribution in [-0.2, 0) is 28.4 Å². The molecule has 2 saturated carbocycles. The summed E-state index contributed by atoms with van der Waals surface area (Å²) in [6.45, 7) is -0.658. The van der Waals surface area contributed by atoms with Crippen molar-refractivity contribution >= 4 is 0 Å². The van der Waals surface area contributed by atoms with Gasteiger partial charge in [0.25, 0.3) is 0 Å². The molecule has 270 valence electrons. The molecule has 0 radical (unpaired) electrons. The van der Waals surface area contributed by atoms with Crippen LogP contribution in [0.5, 0.6) is 0 Å². The van der Waals surface area contributed by atoms with Gasteiger partial charge in [0.1, 0.15) is 73.2 Å². The number of aliphatic hydroxyl groups is 12. The van der Waals surface area contributed by atoms with E-state index in [-0.39, 0.29) is 12.8 Å². The van der Waals surface area contributed by atoms with Crippen molar-refractivity contribution in [3.8, 4) is 0 Å². The van der Waals surface area contributed by atoms with Gasteiger partial charge in [-0.3, -0.25) is 0 Å². The Hall–Kier alpha value is -0.720. The fraction of sp³-hybridized carbons (Fsp3) is 1.00. The zero-order valence-corrected chi connectivity index (χ0v) is 25.6. The summed E-state index contributed by atoms with van der Waals surface area (Å²) in [5.41, 5.74) is 0. The minimum atomic E-state index is -1.71. The Kier molecular flexibility index (Phi) is 13.5. The van der Waals surface area contributed by atoms with Crippen molar-refractivity contribution in [2.75, 3.05) is 33.5 Å². The second-order valence-corrected chi connectivity index (χ2v) is 12.7. The lowest BCUT2D eigenvalue weighted by Crippen LogP contribution is -2.64. The molecule has 18 nitrogen and oxygen atoms in total. The van der Waals surface area contributed by atoms with Crippen LogP contribution in [-0.4, -0.2) is 205 Å². The van der Waals surface area contributed by atoms with Crippen LogP contribution in [0.15, 0.2) is 0 Å². The van der Waals surface area contributed by atoms with Gasteiger partial charge in [-0.2, -0.15) is 0 Å². The van der Waals surface area contributed by atoms with Crippen LogP contribution in [0.1, 0.15) is 19.8 Å². The maximum Gasteiger partial charge on any atom is 0.186 e. The van der Waals surface area contributed by atoms with E-state index in [4.69, 9.17) is 28.4 Å². The Morgan fingerprint density at radius 1 is 0.543 bits per heavy atom. The molecule has 46 heavy (non-hydrogen) atoms. The van der Waals surface area contributed by atoms with Gasteiger partial charge in [-0.1, -0.05) is 0 Å². The van der Waals surface area contributed by atoms with Crippen molar-refractivity contribution in [1.82, 2.24) is 0 Å². The highest BCUT2D eigenvalue weighted by Crippen LogP contribution is 2.37. The Labute approximate surface area is 265 Å². The first-order valence-corrected chi connectivity index (χ1v) is 15.5. The molecule has 4 aliphatic rings. The predicted octanol–water partition coefficient (Wildman–Crippen LogP) is -6.70. The summed E-state index contributed by atoms with van der Waals surface area (Å²) in [6, 6.07) is 0. The van der Waals surface area contributed by atoms with E-state index in [1.165, 1.54) is 14.0 Å². The highest BCUT2D eigenvalue weighted by molar-refractivity contribution is 5.01. The molecule has 2 heterocycles. The first-order chi connectivity index (χ1) is 21.8. The second kappa shape index (κ2) is 16.3. The van der Waals surface area contributed by atoms with E-state index in [1.54, 1.807) is 0 Å². The molecule has 0 aromatic heterocycles. The normalized spacial score (nSPS) is 52.0. The summed E-state index contributed by atoms with van der Waals surface area (Å²) in [5, 5.41) is 125. The van der Waals surface area contributed by atoms with E-state index < -0.39 is 148 Å². The minimum absolute atomic E-state index is 0.0466. The molecule has 0 aromatic carbocycles. The molecule has 2 saturated heterocycles. The molecule has 4 rings (SSSR count). The SMILES string of the molecule is CO[C@@H]1C(O)[C@H](O[C@@H]2C(O)[C@H](O[C@@H]3C(O)C(C)OC(CO[C@@H]4OC(CO)[C@H](O)[C@H](O)C4O)[C@@H]3O)CC(CO)[C@@H]2O)CC(CO)[C@@H]1O. The lowest BCUT2D eigenvalue weighted by molar-refractivity contribution is -0.318. The average Bonchev–Trinajstić information content (AvgIpc) is 3.04. The number of rotatable bonds is 11. The molecule has 9 unspecified atom stereocenters. The maximum absolute atomic E-state index is 11.3. The number of hydrogen-bond donors (Lipinski definition) is 12. The van der Waals surface area contributed by atoms with Crippen LogP contribution in [0.3, 0.4) is 0 Å². The summed E-state index contributed by atoms with van der Waals surface area (Å²) in [5.74, 6) is -1.64. The van der Waals surface area contributed by atoms with Crippen molar-refractivity contribution in [1.29, 1.82) is 0 Å². The van der Waals surface area contributed by atoms with Crippen molar-refractivity contribution in [3.63, 3.8) is 0 Å². The van der Waals surface area contributed by atoms with Crippen molar-refractivity contribution < 1.29 is 89.7 Å². The minimum Gasteiger partial charge on any atom is -0.396 e. The molecule has 2 aliphatic heterocycles. The number of methoxy groups -OCH3 is 1. The van der Waals surface area contributed by atoms with Crippen LogP contribution in [0.25, 0.3) is 0 Å². The van der Waals surface area contributed by atoms with Crippen LogP contribution in [0.2, 0.25) is 0 Å². The maximum atomic E-state index is 11.3. The van der Waals surface area contributed by atoms with Gasteiger partial charge in [0.15, 0.2) is 6.29 Å². The summed E-state index contributed by atoms with van der Waals surface area (Å²) >= 11 is 0. The fourth-order valence-electron chi connectivity index (χ4n) is 6.81. The standard InChI is InChI=1S/C28H50O18/c1-9-16(32)26(22(38)15(43-9)8-42-28-24(40)23(39)19(35)14(7-31)46-28)44-13-4-11(6-30)18(34)27(21(13)37)45-12-3-10(5-29)17(33)25(41-2)20(12)36/h9-40H,3-8H2,1-2H3/t9?,10?,11?,12-,13-,14?,15?,16?,17+,18+,19+,20?,21?,22+,23+,24?,25+,26-,27+,28-/m1/s1. The number of hydrogen-bond acceptors (Lipinski definition) is 18. The van der Waals surface area contributed by atoms with Gasteiger partial charge in [-0.25, -0.2) is 0 Å². The highest BCUT2D eigenvalue weighted by atomic mass is 16.7. The molecule has 0 aromatic rings. The molecule has 0 amide bonds. The third kappa shape index (κ3) is 7.69. The first-order valence-electron chi connectivity index (χ1n) is 15.5. The lowest BCUT2D eigenvalue weighted by Gasteiger charge is -2.49. The average molecular weight is 675 g/mol. The van der Waals surface area contributed by atoms with E-state index >= 15 is 0 Å². The largest absolute Gasteiger partial charge is 0.396 e. The van der Waals surface area contributed by atoms with Crippen LogP contribution in [0, 0.1) is 11.8 Å². The Morgan fingerprint density at radius 2 is 1.07 bits per heavy atom. The topological polar surface area (TPSA) is 298 Å². The van der Waals surface area contributed by atoms with Gasteiger partial charge in [0.05, 0.1) is 43.7 Å². The van der Waals surface area contributed by atoms with Gasteiger partial charge in [-0.05, 0) is 19.8 Å². The predicted molar refractivity (Wildman–Crippen MR) is 149 cm³/mol. The Balaban J connectivity index is 1.46. The zero-order chi connectivity index (χ0) is 34.0. The van der Waals surface area contributed by atoms with Crippen molar-refractivity contribution in [2.24, 2.45) is 11.8 Å². The van der Waals surface area contributed by atoms with E-state index in [0.29, 0.717) is 0 Å². The molecule has 0 spiro atoms. The fourth-order valence-corrected chi connectivity index (χ4v) is 6.81. The molecule has 4 fully saturated rings. The van der Waals surface area contributed by atoms with Gasteiger partial charge >= 0.3 is 0 Å². The third-order valence-corrected chi connectivity index (χ3v) is 9.75. The van der Waals surface area contributed by atoms with E-state index in [2.05, 4.69) is 0 Å². The molecule has 12 N–H and O–H groups in total. The Morgan fingerprint density at radius 3 is 1.59 bits per heavy atom. The van der Waals surface area contributed by atoms with Gasteiger partial charge in [0.2, 0.25) is 0 Å². The van der Waals surface area contributed by atoms with Crippen LogP contribution in [0.4, 0.5) is 0 Å². The Bertz CT molecular complexity index is 931. The molecule has 18 heteroatoms. The van der Waals surface area contributed by atoms with Gasteiger partial charge < -0.3 is 89.7 Å². The van der Waals surface area contributed by atoms with Crippen LogP contribution >= 0.6 is 0 Å².